The average Bonchev–Trinajstić information content (AvgIpc) is 2.85. The summed E-state index contributed by atoms with van der Waals surface area (Å²) in [5, 5.41) is 13.4. The highest BCUT2D eigenvalue weighted by molar-refractivity contribution is 9.10. The van der Waals surface area contributed by atoms with Gasteiger partial charge in [0.1, 0.15) is 0 Å². The van der Waals surface area contributed by atoms with Gasteiger partial charge in [-0.3, -0.25) is 4.79 Å². The van der Waals surface area contributed by atoms with Gasteiger partial charge >= 0.3 is 5.91 Å². The molecule has 104 valence electrons. The van der Waals surface area contributed by atoms with Gasteiger partial charge in [-0.15, -0.1) is 0 Å². The van der Waals surface area contributed by atoms with E-state index in [1.54, 1.807) is 18.2 Å². The van der Waals surface area contributed by atoms with Gasteiger partial charge < -0.3 is 14.3 Å². The van der Waals surface area contributed by atoms with E-state index >= 15 is 0 Å². The Labute approximate surface area is 123 Å². The first-order chi connectivity index (χ1) is 9.60. The predicted octanol–water partition coefficient (Wildman–Crippen LogP) is 2.52. The normalized spacial score (nSPS) is 10.7. The van der Waals surface area contributed by atoms with Crippen molar-refractivity contribution >= 4 is 28.1 Å². The number of benzene rings is 1. The molecule has 1 aromatic heterocycles. The molecule has 0 saturated heterocycles. The Morgan fingerprint density at radius 3 is 2.85 bits per heavy atom. The lowest BCUT2D eigenvalue weighted by molar-refractivity contribution is 0.0926. The molecule has 0 aliphatic carbocycles. The van der Waals surface area contributed by atoms with Crippen LogP contribution in [-0.2, 0) is 0 Å². The van der Waals surface area contributed by atoms with Crippen molar-refractivity contribution in [3.8, 4) is 11.5 Å². The Bertz CT molecular complexity index is 652. The number of methoxy groups -OCH3 is 1. The van der Waals surface area contributed by atoms with Crippen LogP contribution in [0.3, 0.4) is 0 Å². The Morgan fingerprint density at radius 2 is 2.25 bits per heavy atom. The van der Waals surface area contributed by atoms with Crippen LogP contribution >= 0.6 is 15.9 Å². The van der Waals surface area contributed by atoms with Gasteiger partial charge in [-0.25, -0.2) is 5.43 Å². The number of nitrogens with one attached hydrogen (secondary N) is 1. The lowest BCUT2D eigenvalue weighted by Crippen LogP contribution is -2.16. The topological polar surface area (TPSA) is 84.1 Å². The molecule has 0 aliphatic rings. The molecule has 2 rings (SSSR count). The molecule has 0 aliphatic heterocycles. The first-order valence-electron chi connectivity index (χ1n) is 5.56. The zero-order chi connectivity index (χ0) is 14.5. The molecule has 0 atom stereocenters. The van der Waals surface area contributed by atoms with Crippen LogP contribution < -0.4 is 10.2 Å². The smallest absolute Gasteiger partial charge is 0.307 e. The third-order valence-electron chi connectivity index (χ3n) is 2.38. The summed E-state index contributed by atoms with van der Waals surface area (Å²) in [5.41, 5.74) is 2.93. The van der Waals surface area contributed by atoms with Crippen LogP contribution in [0.1, 0.15) is 16.1 Å². The van der Waals surface area contributed by atoms with Crippen molar-refractivity contribution < 1.29 is 19.1 Å². The van der Waals surface area contributed by atoms with Gasteiger partial charge in [-0.1, -0.05) is 0 Å². The number of carbonyl (C=O) groups is 1. The van der Waals surface area contributed by atoms with Crippen molar-refractivity contribution in [2.75, 3.05) is 7.11 Å². The SMILES string of the molecule is COc1ccc(/C=N/NC(=O)c2ccc(Br)o2)cc1O. The van der Waals surface area contributed by atoms with Gasteiger partial charge in [-0.05, 0) is 51.8 Å². The molecule has 6 nitrogen and oxygen atoms in total. The van der Waals surface area contributed by atoms with E-state index in [1.807, 2.05) is 0 Å². The van der Waals surface area contributed by atoms with E-state index in [-0.39, 0.29) is 11.5 Å². The molecule has 2 aromatic rings. The third kappa shape index (κ3) is 3.39. The number of phenols is 1. The van der Waals surface area contributed by atoms with Crippen molar-refractivity contribution in [3.63, 3.8) is 0 Å². The fourth-order valence-corrected chi connectivity index (χ4v) is 1.75. The van der Waals surface area contributed by atoms with E-state index in [0.29, 0.717) is 16.0 Å². The zero-order valence-corrected chi connectivity index (χ0v) is 12.0. The van der Waals surface area contributed by atoms with Crippen molar-refractivity contribution in [3.05, 3.63) is 46.3 Å². The molecule has 0 spiro atoms. The summed E-state index contributed by atoms with van der Waals surface area (Å²) >= 11 is 3.10. The molecule has 0 radical (unpaired) electrons. The quantitative estimate of drug-likeness (QED) is 0.662. The third-order valence-corrected chi connectivity index (χ3v) is 2.81. The number of aromatic hydroxyl groups is 1. The summed E-state index contributed by atoms with van der Waals surface area (Å²) in [4.78, 5) is 11.6. The number of halogens is 1. The number of carbonyl (C=O) groups excluding carboxylic acids is 1. The second-order valence-electron chi connectivity index (χ2n) is 3.73. The van der Waals surface area contributed by atoms with Gasteiger partial charge in [-0.2, -0.15) is 5.10 Å². The minimum atomic E-state index is -0.468. The number of hydrogen-bond acceptors (Lipinski definition) is 5. The lowest BCUT2D eigenvalue weighted by atomic mass is 10.2. The Morgan fingerprint density at radius 1 is 1.45 bits per heavy atom. The highest BCUT2D eigenvalue weighted by atomic mass is 79.9. The number of hydrazone groups is 1. The van der Waals surface area contributed by atoms with Gasteiger partial charge in [0, 0.05) is 0 Å². The van der Waals surface area contributed by atoms with E-state index in [9.17, 15) is 9.90 Å². The number of nitrogens with zero attached hydrogens (tertiary/aromatic N) is 1. The number of furan rings is 1. The molecule has 0 saturated carbocycles. The minimum Gasteiger partial charge on any atom is -0.504 e. The summed E-state index contributed by atoms with van der Waals surface area (Å²) in [6, 6.07) is 7.89. The van der Waals surface area contributed by atoms with Gasteiger partial charge in [0.05, 0.1) is 13.3 Å². The zero-order valence-electron chi connectivity index (χ0n) is 10.5. The maximum absolute atomic E-state index is 11.6. The molecule has 0 bridgehead atoms. The second-order valence-corrected chi connectivity index (χ2v) is 4.52. The fraction of sp³-hybridized carbons (Fsp3) is 0.0769. The van der Waals surface area contributed by atoms with E-state index < -0.39 is 5.91 Å². The number of phenolic OH excluding ortho intramolecular Hbond substituents is 1. The fourth-order valence-electron chi connectivity index (χ4n) is 1.44. The van der Waals surface area contributed by atoms with Crippen molar-refractivity contribution in [2.24, 2.45) is 5.10 Å². The van der Waals surface area contributed by atoms with Crippen molar-refractivity contribution in [1.29, 1.82) is 0 Å². The first-order valence-corrected chi connectivity index (χ1v) is 6.35. The molecule has 1 heterocycles. The molecular formula is C13H11BrN2O4. The molecule has 7 heteroatoms. The van der Waals surface area contributed by atoms with Crippen LogP contribution in [-0.4, -0.2) is 24.3 Å². The Balaban J connectivity index is 2.00. The van der Waals surface area contributed by atoms with Crippen molar-refractivity contribution in [2.45, 2.75) is 0 Å². The van der Waals surface area contributed by atoms with Gasteiger partial charge in [0.15, 0.2) is 21.9 Å². The Hall–Kier alpha value is -2.28. The van der Waals surface area contributed by atoms with E-state index in [0.717, 1.165) is 0 Å². The minimum absolute atomic E-state index is 0.00209. The average molecular weight is 339 g/mol. The standard InChI is InChI=1S/C13H11BrN2O4/c1-19-10-3-2-8(6-9(10)17)7-15-16-13(18)11-4-5-12(14)20-11/h2-7,17H,1H3,(H,16,18)/b15-7+. The van der Waals surface area contributed by atoms with Gasteiger partial charge in [0.2, 0.25) is 0 Å². The van der Waals surface area contributed by atoms with E-state index in [4.69, 9.17) is 9.15 Å². The van der Waals surface area contributed by atoms with Crippen LogP contribution in [0.15, 0.2) is 44.5 Å². The highest BCUT2D eigenvalue weighted by Crippen LogP contribution is 2.25. The number of ether oxygens (including phenoxy) is 1. The van der Waals surface area contributed by atoms with E-state index in [1.165, 1.54) is 25.5 Å². The van der Waals surface area contributed by atoms with Crippen LogP contribution in [0.25, 0.3) is 0 Å². The Kier molecular flexibility index (Phi) is 4.41. The van der Waals surface area contributed by atoms with Crippen molar-refractivity contribution in [1.82, 2.24) is 5.43 Å². The molecule has 0 fully saturated rings. The number of rotatable bonds is 4. The summed E-state index contributed by atoms with van der Waals surface area (Å²) in [6.07, 6.45) is 1.40. The van der Waals surface area contributed by atoms with Crippen LogP contribution in [0.5, 0.6) is 11.5 Å². The maximum Gasteiger partial charge on any atom is 0.307 e. The summed E-state index contributed by atoms with van der Waals surface area (Å²) in [7, 11) is 1.46. The largest absolute Gasteiger partial charge is 0.504 e. The molecule has 0 unspecified atom stereocenters. The second kappa shape index (κ2) is 6.25. The van der Waals surface area contributed by atoms with Gasteiger partial charge in [0.25, 0.3) is 0 Å². The molecule has 2 N–H and O–H groups in total. The molecule has 20 heavy (non-hydrogen) atoms. The van der Waals surface area contributed by atoms with Crippen LogP contribution in [0, 0.1) is 0 Å². The number of amides is 1. The maximum atomic E-state index is 11.6. The lowest BCUT2D eigenvalue weighted by Gasteiger charge is -2.03. The molecule has 1 aromatic carbocycles. The highest BCUT2D eigenvalue weighted by Gasteiger charge is 2.08. The monoisotopic (exact) mass is 338 g/mol. The summed E-state index contributed by atoms with van der Waals surface area (Å²) < 4.78 is 10.5. The van der Waals surface area contributed by atoms with Crippen LogP contribution in [0.2, 0.25) is 0 Å². The first kappa shape index (κ1) is 14.1. The summed E-state index contributed by atoms with van der Waals surface area (Å²) in [5.74, 6) is 0.0423. The molecular weight excluding hydrogens is 328 g/mol. The number of hydrogen-bond donors (Lipinski definition) is 2. The molecule has 1 amide bonds. The van der Waals surface area contributed by atoms with E-state index in [2.05, 4.69) is 26.5 Å². The van der Waals surface area contributed by atoms with Crippen LogP contribution in [0.4, 0.5) is 0 Å². The summed E-state index contributed by atoms with van der Waals surface area (Å²) in [6.45, 7) is 0. The predicted molar refractivity (Wildman–Crippen MR) is 76.1 cm³/mol.